The Hall–Kier alpha value is -1.02. The first-order valence-electron chi connectivity index (χ1n) is 8.03. The van der Waals surface area contributed by atoms with Crippen LogP contribution in [0, 0.1) is 19.8 Å². The molecule has 1 N–H and O–H groups in total. The second kappa shape index (κ2) is 7.12. The molecule has 1 saturated carbocycles. The third-order valence-electron chi connectivity index (χ3n) is 4.58. The molecule has 2 unspecified atom stereocenters. The van der Waals surface area contributed by atoms with Crippen LogP contribution in [-0.4, -0.2) is 20.2 Å². The van der Waals surface area contributed by atoms with E-state index in [0.717, 1.165) is 24.8 Å². The summed E-state index contributed by atoms with van der Waals surface area (Å²) >= 11 is 0. The first kappa shape index (κ1) is 15.4. The van der Waals surface area contributed by atoms with E-state index >= 15 is 0 Å². The third-order valence-corrected chi connectivity index (χ3v) is 4.58. The summed E-state index contributed by atoms with van der Waals surface area (Å²) in [5.74, 6) is 2.52. The van der Waals surface area contributed by atoms with Crippen LogP contribution in [0.15, 0.2) is 12.1 Å². The van der Waals surface area contributed by atoms with Gasteiger partial charge in [0, 0.05) is 5.56 Å². The summed E-state index contributed by atoms with van der Waals surface area (Å²) in [6.45, 7) is 8.89. The number of methoxy groups -OCH3 is 1. The van der Waals surface area contributed by atoms with E-state index in [1.54, 1.807) is 7.11 Å². The van der Waals surface area contributed by atoms with Crippen LogP contribution in [0.4, 0.5) is 0 Å². The molecule has 0 bridgehead atoms. The van der Waals surface area contributed by atoms with Crippen LogP contribution in [0.25, 0.3) is 0 Å². The van der Waals surface area contributed by atoms with Gasteiger partial charge in [0.25, 0.3) is 0 Å². The molecule has 1 fully saturated rings. The molecule has 2 rings (SSSR count). The molecule has 2 atom stereocenters. The minimum Gasteiger partial charge on any atom is -0.496 e. The Balaban J connectivity index is 2.21. The van der Waals surface area contributed by atoms with Gasteiger partial charge in [-0.1, -0.05) is 19.4 Å². The molecule has 0 radical (unpaired) electrons. The first-order chi connectivity index (χ1) is 9.67. The van der Waals surface area contributed by atoms with E-state index in [1.165, 1.54) is 42.4 Å². The Morgan fingerprint density at radius 1 is 1.25 bits per heavy atom. The number of rotatable bonds is 6. The SMILES string of the molecule is CCCNCC1CCCC1c1c(C)cc(C)cc1OC. The molecule has 1 aliphatic rings. The Morgan fingerprint density at radius 3 is 2.75 bits per heavy atom. The number of nitrogens with one attached hydrogen (secondary N) is 1. The number of benzene rings is 1. The van der Waals surface area contributed by atoms with Crippen molar-refractivity contribution in [3.05, 3.63) is 28.8 Å². The Morgan fingerprint density at radius 2 is 2.05 bits per heavy atom. The van der Waals surface area contributed by atoms with Crippen molar-refractivity contribution in [3.8, 4) is 5.75 Å². The monoisotopic (exact) mass is 275 g/mol. The van der Waals surface area contributed by atoms with Crippen molar-refractivity contribution in [3.63, 3.8) is 0 Å². The summed E-state index contributed by atoms with van der Waals surface area (Å²) in [5.41, 5.74) is 4.15. The van der Waals surface area contributed by atoms with Crippen LogP contribution in [0.2, 0.25) is 0 Å². The highest BCUT2D eigenvalue weighted by Crippen LogP contribution is 2.44. The van der Waals surface area contributed by atoms with Gasteiger partial charge < -0.3 is 10.1 Å². The van der Waals surface area contributed by atoms with Gasteiger partial charge in [-0.15, -0.1) is 0 Å². The highest BCUT2D eigenvalue weighted by molar-refractivity contribution is 5.46. The van der Waals surface area contributed by atoms with E-state index in [0.29, 0.717) is 5.92 Å². The van der Waals surface area contributed by atoms with E-state index in [-0.39, 0.29) is 0 Å². The van der Waals surface area contributed by atoms with Crippen molar-refractivity contribution in [1.29, 1.82) is 0 Å². The molecule has 2 heteroatoms. The first-order valence-corrected chi connectivity index (χ1v) is 8.03. The van der Waals surface area contributed by atoms with Crippen molar-refractivity contribution in [1.82, 2.24) is 5.32 Å². The topological polar surface area (TPSA) is 21.3 Å². The van der Waals surface area contributed by atoms with Gasteiger partial charge >= 0.3 is 0 Å². The molecule has 0 saturated heterocycles. The molecule has 1 aromatic rings. The number of hydrogen-bond donors (Lipinski definition) is 1. The summed E-state index contributed by atoms with van der Waals surface area (Å²) in [6.07, 6.45) is 5.21. The minimum atomic E-state index is 0.662. The summed E-state index contributed by atoms with van der Waals surface area (Å²) in [5, 5.41) is 3.60. The van der Waals surface area contributed by atoms with Crippen LogP contribution in [0.3, 0.4) is 0 Å². The summed E-state index contributed by atoms with van der Waals surface area (Å²) < 4.78 is 5.67. The second-order valence-electron chi connectivity index (χ2n) is 6.20. The molecular weight excluding hydrogens is 246 g/mol. The van der Waals surface area contributed by atoms with Crippen LogP contribution >= 0.6 is 0 Å². The fourth-order valence-electron chi connectivity index (χ4n) is 3.71. The summed E-state index contributed by atoms with van der Waals surface area (Å²) in [7, 11) is 1.80. The molecule has 1 aromatic carbocycles. The Kier molecular flexibility index (Phi) is 5.47. The molecule has 1 aliphatic carbocycles. The standard InChI is InChI=1S/C18H29NO/c1-5-9-19-12-15-7-6-8-16(15)18-14(3)10-13(2)11-17(18)20-4/h10-11,15-16,19H,5-9,12H2,1-4H3. The van der Waals surface area contributed by atoms with Crippen LogP contribution in [0.1, 0.15) is 55.2 Å². The Bertz CT molecular complexity index is 441. The lowest BCUT2D eigenvalue weighted by molar-refractivity contribution is 0.388. The fraction of sp³-hybridized carbons (Fsp3) is 0.667. The molecular formula is C18H29NO. The third kappa shape index (κ3) is 3.35. The van der Waals surface area contributed by atoms with Gasteiger partial charge in [-0.05, 0) is 75.2 Å². The van der Waals surface area contributed by atoms with Gasteiger partial charge in [0.05, 0.1) is 7.11 Å². The van der Waals surface area contributed by atoms with Crippen molar-refractivity contribution in [2.45, 2.75) is 52.4 Å². The van der Waals surface area contributed by atoms with E-state index in [1.807, 2.05) is 0 Å². The van der Waals surface area contributed by atoms with Gasteiger partial charge in [0.2, 0.25) is 0 Å². The quantitative estimate of drug-likeness (QED) is 0.786. The van der Waals surface area contributed by atoms with Gasteiger partial charge in [-0.2, -0.15) is 0 Å². The van der Waals surface area contributed by atoms with Crippen LogP contribution in [-0.2, 0) is 0 Å². The number of aryl methyl sites for hydroxylation is 2. The molecule has 0 heterocycles. The lowest BCUT2D eigenvalue weighted by Gasteiger charge is -2.24. The molecule has 0 spiro atoms. The molecule has 0 amide bonds. The van der Waals surface area contributed by atoms with Crippen LogP contribution < -0.4 is 10.1 Å². The van der Waals surface area contributed by atoms with E-state index in [4.69, 9.17) is 4.74 Å². The fourth-order valence-corrected chi connectivity index (χ4v) is 3.71. The maximum absolute atomic E-state index is 5.67. The summed E-state index contributed by atoms with van der Waals surface area (Å²) in [6, 6.07) is 4.49. The van der Waals surface area contributed by atoms with Gasteiger partial charge in [0.1, 0.15) is 5.75 Å². The smallest absolute Gasteiger partial charge is 0.122 e. The molecule has 112 valence electrons. The molecule has 0 aromatic heterocycles. The van der Waals surface area contributed by atoms with Crippen molar-refractivity contribution in [2.24, 2.45) is 5.92 Å². The molecule has 20 heavy (non-hydrogen) atoms. The largest absolute Gasteiger partial charge is 0.496 e. The maximum atomic E-state index is 5.67. The number of hydrogen-bond acceptors (Lipinski definition) is 2. The summed E-state index contributed by atoms with van der Waals surface area (Å²) in [4.78, 5) is 0. The minimum absolute atomic E-state index is 0.662. The predicted octanol–water partition coefficient (Wildman–Crippen LogP) is 4.20. The van der Waals surface area contributed by atoms with Gasteiger partial charge in [-0.25, -0.2) is 0 Å². The van der Waals surface area contributed by atoms with Crippen LogP contribution in [0.5, 0.6) is 5.75 Å². The predicted molar refractivity (Wildman–Crippen MR) is 85.7 cm³/mol. The molecule has 0 aliphatic heterocycles. The van der Waals surface area contributed by atoms with Crippen molar-refractivity contribution in [2.75, 3.05) is 20.2 Å². The van der Waals surface area contributed by atoms with Crippen molar-refractivity contribution < 1.29 is 4.74 Å². The lowest BCUT2D eigenvalue weighted by Crippen LogP contribution is -2.25. The number of ether oxygens (including phenoxy) is 1. The van der Waals surface area contributed by atoms with E-state index in [2.05, 4.69) is 38.2 Å². The van der Waals surface area contributed by atoms with Gasteiger partial charge in [-0.3, -0.25) is 0 Å². The molecule has 2 nitrogen and oxygen atoms in total. The average Bonchev–Trinajstić information content (AvgIpc) is 2.86. The van der Waals surface area contributed by atoms with E-state index < -0.39 is 0 Å². The maximum Gasteiger partial charge on any atom is 0.122 e. The normalized spacial score (nSPS) is 22.2. The van der Waals surface area contributed by atoms with E-state index in [9.17, 15) is 0 Å². The second-order valence-corrected chi connectivity index (χ2v) is 6.20. The van der Waals surface area contributed by atoms with Gasteiger partial charge in [0.15, 0.2) is 0 Å². The zero-order valence-corrected chi connectivity index (χ0v) is 13.5. The Labute approximate surface area is 123 Å². The zero-order chi connectivity index (χ0) is 14.5. The lowest BCUT2D eigenvalue weighted by atomic mass is 9.85. The zero-order valence-electron chi connectivity index (χ0n) is 13.5. The highest BCUT2D eigenvalue weighted by Gasteiger charge is 2.31. The highest BCUT2D eigenvalue weighted by atomic mass is 16.5. The average molecular weight is 275 g/mol. The van der Waals surface area contributed by atoms with Crippen molar-refractivity contribution >= 4 is 0 Å².